The number of rotatable bonds is 7. The van der Waals surface area contributed by atoms with E-state index in [-0.39, 0.29) is 11.6 Å². The molecule has 0 N–H and O–H groups in total. The number of nitrogens with zero attached hydrogens (tertiary/aromatic N) is 3. The van der Waals surface area contributed by atoms with Gasteiger partial charge in [0.05, 0.1) is 7.11 Å². The van der Waals surface area contributed by atoms with Crippen molar-refractivity contribution in [3.63, 3.8) is 0 Å². The first-order valence-electron chi connectivity index (χ1n) is 9.64. The van der Waals surface area contributed by atoms with Gasteiger partial charge in [0.15, 0.2) is 16.7 Å². The molecular weight excluding hydrogens is 397 g/mol. The van der Waals surface area contributed by atoms with Crippen LogP contribution in [-0.2, 0) is 12.2 Å². The fourth-order valence-corrected chi connectivity index (χ4v) is 4.17. The van der Waals surface area contributed by atoms with Gasteiger partial charge in [-0.15, -0.1) is 10.2 Å². The maximum atomic E-state index is 14.0. The van der Waals surface area contributed by atoms with Crippen molar-refractivity contribution in [3.8, 4) is 11.4 Å². The molecule has 0 amide bonds. The standard InChI is InChI=1S/C24H22FN3OS/c1-17-7-6-10-20(13-17)28-23(15-18-8-4-3-5-9-18)26-27-24(28)30-16-19-11-12-22(29-2)21(25)14-19/h3-14H,15-16H2,1-2H3. The average Bonchev–Trinajstić information content (AvgIpc) is 3.15. The van der Waals surface area contributed by atoms with Gasteiger partial charge in [0.2, 0.25) is 0 Å². The van der Waals surface area contributed by atoms with Gasteiger partial charge in [0.25, 0.3) is 0 Å². The number of halogens is 1. The molecule has 0 aliphatic carbocycles. The number of thioether (sulfide) groups is 1. The summed E-state index contributed by atoms with van der Waals surface area (Å²) in [6.45, 7) is 2.07. The summed E-state index contributed by atoms with van der Waals surface area (Å²) in [4.78, 5) is 0. The summed E-state index contributed by atoms with van der Waals surface area (Å²) in [7, 11) is 1.46. The summed E-state index contributed by atoms with van der Waals surface area (Å²) in [6.07, 6.45) is 0.680. The summed E-state index contributed by atoms with van der Waals surface area (Å²) in [5.74, 6) is 1.34. The molecule has 4 rings (SSSR count). The summed E-state index contributed by atoms with van der Waals surface area (Å²) in [6, 6.07) is 23.5. The molecule has 4 nitrogen and oxygen atoms in total. The highest BCUT2D eigenvalue weighted by atomic mass is 32.2. The highest BCUT2D eigenvalue weighted by Crippen LogP contribution is 2.28. The van der Waals surface area contributed by atoms with Crippen LogP contribution >= 0.6 is 11.8 Å². The average molecular weight is 420 g/mol. The molecule has 1 heterocycles. The highest BCUT2D eigenvalue weighted by Gasteiger charge is 2.16. The molecule has 152 valence electrons. The zero-order valence-corrected chi connectivity index (χ0v) is 17.7. The number of ether oxygens (including phenoxy) is 1. The SMILES string of the molecule is COc1ccc(CSc2nnc(Cc3ccccc3)n2-c2cccc(C)c2)cc1F. The van der Waals surface area contributed by atoms with Crippen LogP contribution in [0.15, 0.2) is 78.0 Å². The van der Waals surface area contributed by atoms with Crippen LogP contribution in [0.2, 0.25) is 0 Å². The first-order chi connectivity index (χ1) is 14.6. The van der Waals surface area contributed by atoms with Crippen molar-refractivity contribution in [1.82, 2.24) is 14.8 Å². The predicted octanol–water partition coefficient (Wildman–Crippen LogP) is 5.61. The van der Waals surface area contributed by atoms with E-state index in [4.69, 9.17) is 4.74 Å². The number of aromatic nitrogens is 3. The van der Waals surface area contributed by atoms with Crippen LogP contribution in [-0.4, -0.2) is 21.9 Å². The van der Waals surface area contributed by atoms with Gasteiger partial charge >= 0.3 is 0 Å². The van der Waals surface area contributed by atoms with E-state index in [2.05, 4.69) is 52.0 Å². The van der Waals surface area contributed by atoms with E-state index in [0.717, 1.165) is 22.2 Å². The van der Waals surface area contributed by atoms with Crippen molar-refractivity contribution < 1.29 is 9.13 Å². The maximum Gasteiger partial charge on any atom is 0.196 e. The molecule has 0 atom stereocenters. The number of hydrogen-bond acceptors (Lipinski definition) is 4. The molecule has 6 heteroatoms. The molecule has 30 heavy (non-hydrogen) atoms. The second-order valence-electron chi connectivity index (χ2n) is 6.99. The van der Waals surface area contributed by atoms with Crippen molar-refractivity contribution in [2.24, 2.45) is 0 Å². The molecule has 0 spiro atoms. The second-order valence-corrected chi connectivity index (χ2v) is 7.94. The van der Waals surface area contributed by atoms with Crippen LogP contribution in [0, 0.1) is 12.7 Å². The van der Waals surface area contributed by atoms with E-state index < -0.39 is 0 Å². The van der Waals surface area contributed by atoms with Gasteiger partial charge in [-0.05, 0) is 47.9 Å². The third-order valence-electron chi connectivity index (χ3n) is 4.75. The predicted molar refractivity (Wildman–Crippen MR) is 118 cm³/mol. The minimum atomic E-state index is -0.361. The van der Waals surface area contributed by atoms with Crippen molar-refractivity contribution in [1.29, 1.82) is 0 Å². The Labute approximate surface area is 179 Å². The lowest BCUT2D eigenvalue weighted by molar-refractivity contribution is 0.386. The Morgan fingerprint density at radius 2 is 1.77 bits per heavy atom. The smallest absolute Gasteiger partial charge is 0.196 e. The van der Waals surface area contributed by atoms with Crippen molar-refractivity contribution in [2.45, 2.75) is 24.3 Å². The van der Waals surface area contributed by atoms with Gasteiger partial charge in [0.1, 0.15) is 5.82 Å². The second kappa shape index (κ2) is 9.13. The lowest BCUT2D eigenvalue weighted by Gasteiger charge is -2.11. The van der Waals surface area contributed by atoms with Gasteiger partial charge in [0, 0.05) is 17.9 Å². The Hall–Kier alpha value is -3.12. The van der Waals surface area contributed by atoms with Crippen molar-refractivity contribution in [3.05, 3.63) is 101 Å². The van der Waals surface area contributed by atoms with E-state index in [9.17, 15) is 4.39 Å². The molecule has 0 fully saturated rings. The van der Waals surface area contributed by atoms with Gasteiger partial charge < -0.3 is 4.74 Å². The third kappa shape index (κ3) is 4.54. The summed E-state index contributed by atoms with van der Waals surface area (Å²) < 4.78 is 21.1. The molecule has 0 radical (unpaired) electrons. The third-order valence-corrected chi connectivity index (χ3v) is 5.75. The fourth-order valence-electron chi connectivity index (χ4n) is 3.26. The first kappa shape index (κ1) is 20.2. The molecule has 0 bridgehead atoms. The zero-order valence-electron chi connectivity index (χ0n) is 16.9. The topological polar surface area (TPSA) is 39.9 Å². The van der Waals surface area contributed by atoms with Gasteiger partial charge in [-0.2, -0.15) is 0 Å². The Morgan fingerprint density at radius 3 is 2.50 bits per heavy atom. The van der Waals surface area contributed by atoms with Gasteiger partial charge in [-0.3, -0.25) is 4.57 Å². The van der Waals surface area contributed by atoms with E-state index >= 15 is 0 Å². The quantitative estimate of drug-likeness (QED) is 0.365. The lowest BCUT2D eigenvalue weighted by atomic mass is 10.1. The van der Waals surface area contributed by atoms with Crippen LogP contribution in [0.5, 0.6) is 5.75 Å². The molecular formula is C24H22FN3OS. The largest absolute Gasteiger partial charge is 0.494 e. The normalized spacial score (nSPS) is 10.9. The number of benzene rings is 3. The van der Waals surface area contributed by atoms with Crippen LogP contribution in [0.3, 0.4) is 0 Å². The van der Waals surface area contributed by atoms with Crippen LogP contribution in [0.1, 0.15) is 22.5 Å². The Kier molecular flexibility index (Phi) is 6.14. The van der Waals surface area contributed by atoms with Gasteiger partial charge in [-0.25, -0.2) is 4.39 Å². The van der Waals surface area contributed by atoms with E-state index in [0.29, 0.717) is 12.2 Å². The van der Waals surface area contributed by atoms with E-state index in [1.54, 1.807) is 6.07 Å². The molecule has 0 aliphatic heterocycles. The first-order valence-corrected chi connectivity index (χ1v) is 10.6. The van der Waals surface area contributed by atoms with Crippen LogP contribution in [0.4, 0.5) is 4.39 Å². The fraction of sp³-hybridized carbons (Fsp3) is 0.167. The van der Waals surface area contributed by atoms with Gasteiger partial charge in [-0.1, -0.05) is 60.3 Å². The lowest BCUT2D eigenvalue weighted by Crippen LogP contribution is -2.04. The minimum Gasteiger partial charge on any atom is -0.494 e. The molecule has 0 saturated carbocycles. The molecule has 3 aromatic carbocycles. The monoisotopic (exact) mass is 419 g/mol. The summed E-state index contributed by atoms with van der Waals surface area (Å²) >= 11 is 1.54. The molecule has 0 aliphatic rings. The number of hydrogen-bond donors (Lipinski definition) is 0. The highest BCUT2D eigenvalue weighted by molar-refractivity contribution is 7.98. The number of aryl methyl sites for hydroxylation is 1. The Morgan fingerprint density at radius 1 is 0.933 bits per heavy atom. The molecule has 0 saturated heterocycles. The molecule has 1 aromatic heterocycles. The van der Waals surface area contributed by atoms with E-state index in [1.807, 2.05) is 30.3 Å². The zero-order chi connectivity index (χ0) is 20.9. The van der Waals surface area contributed by atoms with Crippen molar-refractivity contribution in [2.75, 3.05) is 7.11 Å². The van der Waals surface area contributed by atoms with Crippen LogP contribution in [0.25, 0.3) is 5.69 Å². The molecule has 0 unspecified atom stereocenters. The Bertz CT molecular complexity index is 1140. The Balaban J connectivity index is 1.64. The van der Waals surface area contributed by atoms with Crippen LogP contribution < -0.4 is 4.74 Å². The summed E-state index contributed by atoms with van der Waals surface area (Å²) in [5, 5.41) is 9.70. The maximum absolute atomic E-state index is 14.0. The van der Waals surface area contributed by atoms with Crippen molar-refractivity contribution >= 4 is 11.8 Å². The van der Waals surface area contributed by atoms with E-state index in [1.165, 1.54) is 36.1 Å². The molecule has 4 aromatic rings. The summed E-state index contributed by atoms with van der Waals surface area (Å²) in [5.41, 5.74) is 4.23. The minimum absolute atomic E-state index is 0.247. The number of methoxy groups -OCH3 is 1.